The summed E-state index contributed by atoms with van der Waals surface area (Å²) in [5, 5.41) is 3.79. The van der Waals surface area contributed by atoms with Crippen LogP contribution in [0.2, 0.25) is 0 Å². The Morgan fingerprint density at radius 2 is 2.05 bits per heavy atom. The molecule has 1 aromatic heterocycles. The van der Waals surface area contributed by atoms with Crippen LogP contribution in [-0.4, -0.2) is 15.6 Å². The van der Waals surface area contributed by atoms with Gasteiger partial charge in [-0.25, -0.2) is 4.98 Å². The van der Waals surface area contributed by atoms with Gasteiger partial charge in [0.05, 0.1) is 6.33 Å². The molecule has 3 rings (SSSR count). The molecule has 3 heteroatoms. The Balaban J connectivity index is 1.62. The Bertz CT molecular complexity index is 540. The normalized spacial score (nSPS) is 17.6. The van der Waals surface area contributed by atoms with Gasteiger partial charge >= 0.3 is 0 Å². The standard InChI is InChI=1S/C18H25N3/c1-3-17(12-15-4-5-15)20-14(2)16-6-8-18(9-7-16)21-11-10-19-13-21/h6-11,13-15,17,20H,3-5,12H2,1-2H3. The summed E-state index contributed by atoms with van der Waals surface area (Å²) in [5.41, 5.74) is 2.52. The molecule has 1 heterocycles. The summed E-state index contributed by atoms with van der Waals surface area (Å²) in [6.07, 6.45) is 11.0. The average molecular weight is 283 g/mol. The first-order chi connectivity index (χ1) is 10.3. The third-order valence-electron chi connectivity index (χ3n) is 4.49. The van der Waals surface area contributed by atoms with Gasteiger partial charge in [0.25, 0.3) is 0 Å². The molecule has 0 bridgehead atoms. The lowest BCUT2D eigenvalue weighted by atomic mass is 10.0. The molecule has 2 aromatic rings. The van der Waals surface area contributed by atoms with E-state index in [1.165, 1.54) is 31.2 Å². The van der Waals surface area contributed by atoms with Gasteiger partial charge in [-0.2, -0.15) is 0 Å². The first-order valence-electron chi connectivity index (χ1n) is 8.10. The van der Waals surface area contributed by atoms with Gasteiger partial charge in [0.1, 0.15) is 0 Å². The molecular formula is C18H25N3. The van der Waals surface area contributed by atoms with Crippen LogP contribution in [0.4, 0.5) is 0 Å². The van der Waals surface area contributed by atoms with E-state index in [-0.39, 0.29) is 0 Å². The average Bonchev–Trinajstić information content (AvgIpc) is 3.16. The van der Waals surface area contributed by atoms with Crippen LogP contribution >= 0.6 is 0 Å². The number of hydrogen-bond acceptors (Lipinski definition) is 2. The molecule has 1 aliphatic rings. The molecule has 1 fully saturated rings. The van der Waals surface area contributed by atoms with Gasteiger partial charge in [-0.15, -0.1) is 0 Å². The van der Waals surface area contributed by atoms with E-state index in [2.05, 4.69) is 48.4 Å². The Labute approximate surface area is 127 Å². The summed E-state index contributed by atoms with van der Waals surface area (Å²) in [6, 6.07) is 9.83. The van der Waals surface area contributed by atoms with Gasteiger partial charge in [-0.3, -0.25) is 0 Å². The molecule has 1 saturated carbocycles. The predicted molar refractivity (Wildman–Crippen MR) is 86.5 cm³/mol. The maximum atomic E-state index is 4.09. The second kappa shape index (κ2) is 6.44. The highest BCUT2D eigenvalue weighted by molar-refractivity contribution is 5.35. The lowest BCUT2D eigenvalue weighted by Crippen LogP contribution is -2.31. The molecular weight excluding hydrogens is 258 g/mol. The van der Waals surface area contributed by atoms with Gasteiger partial charge < -0.3 is 9.88 Å². The van der Waals surface area contributed by atoms with Crippen LogP contribution in [0.3, 0.4) is 0 Å². The monoisotopic (exact) mass is 283 g/mol. The van der Waals surface area contributed by atoms with Crippen molar-refractivity contribution in [1.29, 1.82) is 0 Å². The molecule has 21 heavy (non-hydrogen) atoms. The van der Waals surface area contributed by atoms with Crippen LogP contribution in [0.15, 0.2) is 43.0 Å². The molecule has 0 amide bonds. The van der Waals surface area contributed by atoms with E-state index in [4.69, 9.17) is 0 Å². The molecule has 1 aromatic carbocycles. The van der Waals surface area contributed by atoms with Crippen molar-refractivity contribution < 1.29 is 0 Å². The number of nitrogens with one attached hydrogen (secondary N) is 1. The van der Waals surface area contributed by atoms with Crippen molar-refractivity contribution in [2.75, 3.05) is 0 Å². The number of benzene rings is 1. The molecule has 0 saturated heterocycles. The van der Waals surface area contributed by atoms with Gasteiger partial charge in [0.15, 0.2) is 0 Å². The zero-order valence-corrected chi connectivity index (χ0v) is 13.0. The Morgan fingerprint density at radius 1 is 1.29 bits per heavy atom. The first-order valence-corrected chi connectivity index (χ1v) is 8.10. The zero-order valence-electron chi connectivity index (χ0n) is 13.0. The highest BCUT2D eigenvalue weighted by Gasteiger charge is 2.25. The van der Waals surface area contributed by atoms with Crippen molar-refractivity contribution in [2.45, 2.75) is 51.6 Å². The topological polar surface area (TPSA) is 29.9 Å². The van der Waals surface area contributed by atoms with E-state index >= 15 is 0 Å². The molecule has 0 radical (unpaired) electrons. The van der Waals surface area contributed by atoms with E-state index in [1.54, 1.807) is 0 Å². The quantitative estimate of drug-likeness (QED) is 0.829. The van der Waals surface area contributed by atoms with Crippen molar-refractivity contribution in [3.8, 4) is 5.69 Å². The lowest BCUT2D eigenvalue weighted by Gasteiger charge is -2.23. The van der Waals surface area contributed by atoms with E-state index in [0.717, 1.165) is 11.6 Å². The van der Waals surface area contributed by atoms with Crippen molar-refractivity contribution in [3.63, 3.8) is 0 Å². The minimum Gasteiger partial charge on any atom is -0.307 e. The van der Waals surface area contributed by atoms with Crippen LogP contribution in [0, 0.1) is 5.92 Å². The highest BCUT2D eigenvalue weighted by atomic mass is 15.0. The summed E-state index contributed by atoms with van der Waals surface area (Å²) in [6.45, 7) is 4.55. The lowest BCUT2D eigenvalue weighted by molar-refractivity contribution is 0.404. The van der Waals surface area contributed by atoms with Crippen LogP contribution in [-0.2, 0) is 0 Å². The molecule has 1 aliphatic carbocycles. The predicted octanol–water partition coefficient (Wildman–Crippen LogP) is 4.10. The van der Waals surface area contributed by atoms with Gasteiger partial charge in [0.2, 0.25) is 0 Å². The Morgan fingerprint density at radius 3 is 2.62 bits per heavy atom. The summed E-state index contributed by atoms with van der Waals surface area (Å²) < 4.78 is 2.03. The maximum absolute atomic E-state index is 4.09. The SMILES string of the molecule is CCC(CC1CC1)NC(C)c1ccc(-n2ccnc2)cc1. The van der Waals surface area contributed by atoms with Gasteiger partial charge in [-0.1, -0.05) is 31.9 Å². The summed E-state index contributed by atoms with van der Waals surface area (Å²) in [4.78, 5) is 4.09. The number of rotatable bonds is 7. The fraction of sp³-hybridized carbons (Fsp3) is 0.500. The Kier molecular flexibility index (Phi) is 4.39. The van der Waals surface area contributed by atoms with Gasteiger partial charge in [0, 0.05) is 30.2 Å². The summed E-state index contributed by atoms with van der Waals surface area (Å²) >= 11 is 0. The van der Waals surface area contributed by atoms with Crippen molar-refractivity contribution in [3.05, 3.63) is 48.5 Å². The van der Waals surface area contributed by atoms with Crippen LogP contribution in [0.5, 0.6) is 0 Å². The molecule has 0 spiro atoms. The van der Waals surface area contributed by atoms with Gasteiger partial charge in [-0.05, 0) is 43.4 Å². The van der Waals surface area contributed by atoms with E-state index < -0.39 is 0 Å². The number of hydrogen-bond donors (Lipinski definition) is 1. The molecule has 2 atom stereocenters. The van der Waals surface area contributed by atoms with Crippen LogP contribution in [0.1, 0.15) is 51.1 Å². The molecule has 112 valence electrons. The minimum atomic E-state index is 0.408. The highest BCUT2D eigenvalue weighted by Crippen LogP contribution is 2.34. The minimum absolute atomic E-state index is 0.408. The molecule has 1 N–H and O–H groups in total. The molecule has 2 unspecified atom stereocenters. The Hall–Kier alpha value is -1.61. The fourth-order valence-corrected chi connectivity index (χ4v) is 2.91. The largest absolute Gasteiger partial charge is 0.307 e. The number of aromatic nitrogens is 2. The van der Waals surface area contributed by atoms with E-state index in [9.17, 15) is 0 Å². The van der Waals surface area contributed by atoms with Crippen molar-refractivity contribution >= 4 is 0 Å². The zero-order chi connectivity index (χ0) is 14.7. The number of nitrogens with zero attached hydrogens (tertiary/aromatic N) is 2. The summed E-state index contributed by atoms with van der Waals surface area (Å²) in [7, 11) is 0. The molecule has 3 nitrogen and oxygen atoms in total. The maximum Gasteiger partial charge on any atom is 0.0991 e. The van der Waals surface area contributed by atoms with E-state index in [0.29, 0.717) is 12.1 Å². The van der Waals surface area contributed by atoms with Crippen molar-refractivity contribution in [2.24, 2.45) is 5.92 Å². The molecule has 0 aliphatic heterocycles. The second-order valence-corrected chi connectivity index (χ2v) is 6.23. The fourth-order valence-electron chi connectivity index (χ4n) is 2.91. The third-order valence-corrected chi connectivity index (χ3v) is 4.49. The second-order valence-electron chi connectivity index (χ2n) is 6.23. The van der Waals surface area contributed by atoms with Crippen molar-refractivity contribution in [1.82, 2.24) is 14.9 Å². The number of imidazole rings is 1. The third kappa shape index (κ3) is 3.73. The van der Waals surface area contributed by atoms with Crippen LogP contribution < -0.4 is 5.32 Å². The van der Waals surface area contributed by atoms with E-state index in [1.807, 2.05) is 23.3 Å². The first kappa shape index (κ1) is 14.3. The smallest absolute Gasteiger partial charge is 0.0991 e. The summed E-state index contributed by atoms with van der Waals surface area (Å²) in [5.74, 6) is 0.985. The van der Waals surface area contributed by atoms with Crippen LogP contribution in [0.25, 0.3) is 5.69 Å².